The third kappa shape index (κ3) is 5.50. The van der Waals surface area contributed by atoms with Crippen LogP contribution in [0.1, 0.15) is 18.9 Å². The van der Waals surface area contributed by atoms with Gasteiger partial charge in [-0.15, -0.1) is 0 Å². The summed E-state index contributed by atoms with van der Waals surface area (Å²) < 4.78 is 3.86. The zero-order chi connectivity index (χ0) is 12.5. The van der Waals surface area contributed by atoms with Crippen LogP contribution in [0.3, 0.4) is 0 Å². The molecule has 1 aliphatic rings. The van der Waals surface area contributed by atoms with E-state index >= 15 is 0 Å². The Balaban J connectivity index is 0.000000317. The van der Waals surface area contributed by atoms with Crippen molar-refractivity contribution >= 4 is 6.47 Å². The van der Waals surface area contributed by atoms with E-state index in [9.17, 15) is 0 Å². The Kier molecular flexibility index (Phi) is 6.33. The van der Waals surface area contributed by atoms with Crippen LogP contribution in [-0.2, 0) is 16.1 Å². The smallest absolute Gasteiger partial charge is 0.292 e. The molecule has 0 amide bonds. The number of methoxy groups -OCH3 is 1. The first-order valence-corrected chi connectivity index (χ1v) is 5.99. The predicted molar refractivity (Wildman–Crippen MR) is 68.6 cm³/mol. The van der Waals surface area contributed by atoms with Crippen molar-refractivity contribution in [2.45, 2.75) is 19.9 Å². The van der Waals surface area contributed by atoms with E-state index in [0.717, 1.165) is 12.5 Å². The van der Waals surface area contributed by atoms with Crippen LogP contribution in [0, 0.1) is 5.92 Å². The summed E-state index contributed by atoms with van der Waals surface area (Å²) in [7, 11) is 1.31. The van der Waals surface area contributed by atoms with Crippen molar-refractivity contribution in [2.24, 2.45) is 5.92 Å². The zero-order valence-electron chi connectivity index (χ0n) is 10.6. The molecule has 0 aliphatic carbocycles. The summed E-state index contributed by atoms with van der Waals surface area (Å²) in [5.41, 5.74) is 1.44. The Bertz CT molecular complexity index is 313. The Hall–Kier alpha value is -1.35. The maximum atomic E-state index is 8.95. The number of likely N-dealkylation sites (tertiary alicyclic amines) is 1. The minimum Gasteiger partial charge on any atom is -0.471 e. The molecule has 2 rings (SSSR count). The first kappa shape index (κ1) is 13.7. The average molecular weight is 235 g/mol. The molecule has 0 bridgehead atoms. The summed E-state index contributed by atoms with van der Waals surface area (Å²) in [6, 6.07) is 10.7. The molecule has 3 nitrogen and oxygen atoms in total. The van der Waals surface area contributed by atoms with Gasteiger partial charge in [-0.1, -0.05) is 37.3 Å². The highest BCUT2D eigenvalue weighted by molar-refractivity contribution is 5.36. The average Bonchev–Trinajstić information content (AvgIpc) is 2.76. The van der Waals surface area contributed by atoms with E-state index in [0.29, 0.717) is 6.47 Å². The van der Waals surface area contributed by atoms with Gasteiger partial charge < -0.3 is 4.74 Å². The van der Waals surface area contributed by atoms with Crippen LogP contribution in [0.15, 0.2) is 30.3 Å². The van der Waals surface area contributed by atoms with Crippen LogP contribution in [0.25, 0.3) is 0 Å². The van der Waals surface area contributed by atoms with Gasteiger partial charge in [0.2, 0.25) is 0 Å². The largest absolute Gasteiger partial charge is 0.471 e. The standard InChI is InChI=1S/C12H17N.C2H4O2/c1-11-7-8-13(9-11)10-12-5-3-2-4-6-12;1-4-2-3/h2-6,11H,7-10H2,1H3;2H,1H3/t11-;/m0./s1. The zero-order valence-corrected chi connectivity index (χ0v) is 10.6. The summed E-state index contributed by atoms with van der Waals surface area (Å²) in [5.74, 6) is 0.892. The van der Waals surface area contributed by atoms with E-state index in [2.05, 4.69) is 46.9 Å². The molecule has 3 heteroatoms. The molecule has 1 aliphatic heterocycles. The third-order valence-corrected chi connectivity index (χ3v) is 2.85. The third-order valence-electron chi connectivity index (χ3n) is 2.85. The van der Waals surface area contributed by atoms with Crippen molar-refractivity contribution in [3.05, 3.63) is 35.9 Å². The van der Waals surface area contributed by atoms with Crippen LogP contribution in [-0.4, -0.2) is 31.6 Å². The highest BCUT2D eigenvalue weighted by Crippen LogP contribution is 2.17. The second-order valence-electron chi connectivity index (χ2n) is 4.45. The number of carbonyl (C=O) groups excluding carboxylic acids is 1. The van der Waals surface area contributed by atoms with Gasteiger partial charge in [0.15, 0.2) is 0 Å². The first-order valence-electron chi connectivity index (χ1n) is 5.99. The Morgan fingerprint density at radius 2 is 2.06 bits per heavy atom. The molecule has 94 valence electrons. The highest BCUT2D eigenvalue weighted by atomic mass is 16.5. The maximum Gasteiger partial charge on any atom is 0.292 e. The van der Waals surface area contributed by atoms with E-state index in [-0.39, 0.29) is 0 Å². The SMILES string of the molecule is COC=O.C[C@H]1CCN(Cc2ccccc2)C1. The maximum absolute atomic E-state index is 8.95. The van der Waals surface area contributed by atoms with E-state index in [1.807, 2.05) is 0 Å². The summed E-state index contributed by atoms with van der Waals surface area (Å²) in [6.45, 7) is 6.39. The number of rotatable bonds is 3. The normalized spacial score (nSPS) is 19.3. The van der Waals surface area contributed by atoms with Crippen molar-refractivity contribution in [3.8, 4) is 0 Å². The van der Waals surface area contributed by atoms with E-state index in [1.165, 1.54) is 32.2 Å². The molecule has 1 aromatic carbocycles. The van der Waals surface area contributed by atoms with Gasteiger partial charge in [0.1, 0.15) is 0 Å². The molecule has 0 aromatic heterocycles. The van der Waals surface area contributed by atoms with Gasteiger partial charge in [0.25, 0.3) is 6.47 Å². The molecule has 1 aromatic rings. The molecule has 0 N–H and O–H groups in total. The first-order chi connectivity index (χ1) is 8.26. The molecule has 1 atom stereocenters. The summed E-state index contributed by atoms with van der Waals surface area (Å²) in [5, 5.41) is 0. The van der Waals surface area contributed by atoms with Crippen molar-refractivity contribution < 1.29 is 9.53 Å². The number of benzene rings is 1. The van der Waals surface area contributed by atoms with E-state index in [4.69, 9.17) is 4.79 Å². The molecule has 0 spiro atoms. The monoisotopic (exact) mass is 235 g/mol. The minimum atomic E-state index is 0.375. The molecule has 17 heavy (non-hydrogen) atoms. The molecule has 1 heterocycles. The van der Waals surface area contributed by atoms with Gasteiger partial charge in [0, 0.05) is 13.1 Å². The molecule has 0 radical (unpaired) electrons. The van der Waals surface area contributed by atoms with E-state index < -0.39 is 0 Å². The summed E-state index contributed by atoms with van der Waals surface area (Å²) in [6.07, 6.45) is 1.37. The minimum absolute atomic E-state index is 0.375. The van der Waals surface area contributed by atoms with Gasteiger partial charge in [0.05, 0.1) is 7.11 Å². The lowest BCUT2D eigenvalue weighted by atomic mass is 10.2. The summed E-state index contributed by atoms with van der Waals surface area (Å²) >= 11 is 0. The van der Waals surface area contributed by atoms with Gasteiger partial charge in [-0.05, 0) is 24.4 Å². The van der Waals surface area contributed by atoms with Crippen LogP contribution in [0.5, 0.6) is 0 Å². The lowest BCUT2D eigenvalue weighted by molar-refractivity contribution is -0.126. The van der Waals surface area contributed by atoms with Crippen LogP contribution >= 0.6 is 0 Å². The van der Waals surface area contributed by atoms with Gasteiger partial charge >= 0.3 is 0 Å². The number of carbonyl (C=O) groups is 1. The molecular formula is C14H21NO2. The second kappa shape index (κ2) is 7.85. The fraction of sp³-hybridized carbons (Fsp3) is 0.500. The number of hydrogen-bond acceptors (Lipinski definition) is 3. The van der Waals surface area contributed by atoms with Gasteiger partial charge in [-0.2, -0.15) is 0 Å². The molecule has 0 unspecified atom stereocenters. The van der Waals surface area contributed by atoms with Crippen LogP contribution in [0.2, 0.25) is 0 Å². The van der Waals surface area contributed by atoms with Crippen molar-refractivity contribution in [2.75, 3.05) is 20.2 Å². The molecule has 0 saturated carbocycles. The second-order valence-corrected chi connectivity index (χ2v) is 4.45. The number of hydrogen-bond donors (Lipinski definition) is 0. The van der Waals surface area contributed by atoms with Crippen molar-refractivity contribution in [1.29, 1.82) is 0 Å². The van der Waals surface area contributed by atoms with Crippen molar-refractivity contribution in [3.63, 3.8) is 0 Å². The molecule has 1 fully saturated rings. The number of nitrogens with zero attached hydrogens (tertiary/aromatic N) is 1. The van der Waals surface area contributed by atoms with Gasteiger partial charge in [-0.25, -0.2) is 0 Å². The summed E-state index contributed by atoms with van der Waals surface area (Å²) in [4.78, 5) is 11.5. The lowest BCUT2D eigenvalue weighted by Crippen LogP contribution is -2.19. The molecule has 1 saturated heterocycles. The lowest BCUT2D eigenvalue weighted by Gasteiger charge is -2.14. The fourth-order valence-corrected chi connectivity index (χ4v) is 2.01. The highest BCUT2D eigenvalue weighted by Gasteiger charge is 2.17. The van der Waals surface area contributed by atoms with Crippen molar-refractivity contribution in [1.82, 2.24) is 4.90 Å². The molecular weight excluding hydrogens is 214 g/mol. The van der Waals surface area contributed by atoms with E-state index in [1.54, 1.807) is 0 Å². The Morgan fingerprint density at radius 3 is 2.53 bits per heavy atom. The number of ether oxygens (including phenoxy) is 1. The quantitative estimate of drug-likeness (QED) is 0.753. The van der Waals surface area contributed by atoms with Crippen LogP contribution in [0.4, 0.5) is 0 Å². The van der Waals surface area contributed by atoms with Gasteiger partial charge in [-0.3, -0.25) is 9.69 Å². The fourth-order valence-electron chi connectivity index (χ4n) is 2.01. The van der Waals surface area contributed by atoms with Crippen LogP contribution < -0.4 is 0 Å². The predicted octanol–water partition coefficient (Wildman–Crippen LogP) is 2.32. The topological polar surface area (TPSA) is 29.5 Å². The Morgan fingerprint density at radius 1 is 1.41 bits per heavy atom. The Labute approximate surface area is 103 Å².